The molecule has 1 aromatic heterocycles. The highest BCUT2D eigenvalue weighted by Gasteiger charge is 2.22. The number of piperazine rings is 1. The lowest BCUT2D eigenvalue weighted by Crippen LogP contribution is -3.16. The number of nitrogens with one attached hydrogen (secondary N) is 2. The summed E-state index contributed by atoms with van der Waals surface area (Å²) in [6.07, 6.45) is 0.906. The van der Waals surface area contributed by atoms with E-state index in [1.54, 1.807) is 18.3 Å². The zero-order valence-corrected chi connectivity index (χ0v) is 16.0. The van der Waals surface area contributed by atoms with E-state index < -0.39 is 0 Å². The van der Waals surface area contributed by atoms with Crippen LogP contribution in [0.5, 0.6) is 0 Å². The standard InChI is InChI=1S/C20H25N3O2S/c1-16(24)17-4-6-18(7-5-17)23-12-10-22(11-13-23)15-20(25)21-9-8-19-3-2-14-26-19/h2-7,14H,8-13,15H2,1H3,(H,21,25)/p+1. The van der Waals surface area contributed by atoms with Crippen LogP contribution in [0.4, 0.5) is 5.69 Å². The molecule has 2 N–H and O–H groups in total. The predicted octanol–water partition coefficient (Wildman–Crippen LogP) is 1.01. The minimum absolute atomic E-state index is 0.0934. The Kier molecular flexibility index (Phi) is 6.41. The van der Waals surface area contributed by atoms with Crippen LogP contribution >= 0.6 is 11.3 Å². The molecule has 1 aliphatic heterocycles. The van der Waals surface area contributed by atoms with Gasteiger partial charge in [-0.05, 0) is 49.1 Å². The number of carbonyl (C=O) groups excluding carboxylic acids is 2. The van der Waals surface area contributed by atoms with Gasteiger partial charge in [0.15, 0.2) is 12.3 Å². The lowest BCUT2D eigenvalue weighted by atomic mass is 10.1. The third-order valence-corrected chi connectivity index (χ3v) is 5.73. The number of amides is 1. The molecule has 1 aromatic carbocycles. The first kappa shape index (κ1) is 18.6. The average Bonchev–Trinajstić information content (AvgIpc) is 3.16. The molecule has 2 aromatic rings. The van der Waals surface area contributed by atoms with Gasteiger partial charge in [-0.15, -0.1) is 11.3 Å². The van der Waals surface area contributed by atoms with Crippen molar-refractivity contribution < 1.29 is 14.5 Å². The van der Waals surface area contributed by atoms with E-state index in [1.807, 2.05) is 30.3 Å². The molecule has 0 unspecified atom stereocenters. The van der Waals surface area contributed by atoms with Gasteiger partial charge in [0.2, 0.25) is 0 Å². The summed E-state index contributed by atoms with van der Waals surface area (Å²) >= 11 is 1.73. The van der Waals surface area contributed by atoms with Gasteiger partial charge in [-0.2, -0.15) is 0 Å². The van der Waals surface area contributed by atoms with Gasteiger partial charge in [0.05, 0.1) is 26.2 Å². The summed E-state index contributed by atoms with van der Waals surface area (Å²) in [7, 11) is 0. The second-order valence-electron chi connectivity index (χ2n) is 6.70. The third-order valence-electron chi connectivity index (χ3n) is 4.79. The smallest absolute Gasteiger partial charge is 0.275 e. The first-order chi connectivity index (χ1) is 12.6. The molecule has 0 aliphatic carbocycles. The molecule has 0 atom stereocenters. The topological polar surface area (TPSA) is 53.9 Å². The molecule has 1 saturated heterocycles. The van der Waals surface area contributed by atoms with Crippen molar-refractivity contribution in [2.75, 3.05) is 44.2 Å². The maximum atomic E-state index is 12.1. The number of hydrogen-bond acceptors (Lipinski definition) is 4. The lowest BCUT2D eigenvalue weighted by Gasteiger charge is -2.33. The van der Waals surface area contributed by atoms with Gasteiger partial charge < -0.3 is 15.1 Å². The van der Waals surface area contributed by atoms with Crippen molar-refractivity contribution in [1.29, 1.82) is 0 Å². The monoisotopic (exact) mass is 372 g/mol. The summed E-state index contributed by atoms with van der Waals surface area (Å²) in [5.74, 6) is 0.228. The minimum atomic E-state index is 0.0934. The van der Waals surface area contributed by atoms with Crippen LogP contribution in [0.1, 0.15) is 22.2 Å². The molecule has 26 heavy (non-hydrogen) atoms. The normalized spacial score (nSPS) is 15.0. The molecular weight excluding hydrogens is 346 g/mol. The van der Waals surface area contributed by atoms with Gasteiger partial charge in [-0.1, -0.05) is 6.07 Å². The number of Topliss-reactive ketones (excluding diaryl/α,β-unsaturated/α-hetero) is 1. The number of carbonyl (C=O) groups is 2. The van der Waals surface area contributed by atoms with Gasteiger partial charge in [0.25, 0.3) is 5.91 Å². The Morgan fingerprint density at radius 3 is 2.50 bits per heavy atom. The maximum Gasteiger partial charge on any atom is 0.275 e. The summed E-state index contributed by atoms with van der Waals surface area (Å²) in [6, 6.07) is 11.9. The van der Waals surface area contributed by atoms with Gasteiger partial charge in [0.1, 0.15) is 0 Å². The Labute approximate surface area is 158 Å². The van der Waals surface area contributed by atoms with Crippen LogP contribution in [0.25, 0.3) is 0 Å². The molecule has 138 valence electrons. The molecule has 0 bridgehead atoms. The molecule has 1 amide bonds. The summed E-state index contributed by atoms with van der Waals surface area (Å²) in [5, 5.41) is 5.09. The van der Waals surface area contributed by atoms with Crippen molar-refractivity contribution in [2.45, 2.75) is 13.3 Å². The maximum absolute atomic E-state index is 12.1. The molecule has 0 spiro atoms. The Morgan fingerprint density at radius 2 is 1.88 bits per heavy atom. The highest BCUT2D eigenvalue weighted by Crippen LogP contribution is 2.15. The van der Waals surface area contributed by atoms with E-state index in [0.717, 1.165) is 43.9 Å². The number of benzene rings is 1. The van der Waals surface area contributed by atoms with E-state index in [1.165, 1.54) is 9.78 Å². The fourth-order valence-electron chi connectivity index (χ4n) is 3.23. The van der Waals surface area contributed by atoms with E-state index in [2.05, 4.69) is 21.7 Å². The lowest BCUT2D eigenvalue weighted by molar-refractivity contribution is -0.892. The number of ketones is 1. The molecule has 6 heteroatoms. The van der Waals surface area contributed by atoms with Gasteiger partial charge >= 0.3 is 0 Å². The van der Waals surface area contributed by atoms with Crippen molar-refractivity contribution in [3.63, 3.8) is 0 Å². The molecule has 2 heterocycles. The molecule has 1 aliphatic rings. The molecule has 0 radical (unpaired) electrons. The molecular formula is C20H26N3O2S+. The first-order valence-electron chi connectivity index (χ1n) is 9.10. The number of nitrogens with zero attached hydrogens (tertiary/aromatic N) is 1. The number of hydrogen-bond donors (Lipinski definition) is 2. The van der Waals surface area contributed by atoms with Crippen LogP contribution in [-0.2, 0) is 11.2 Å². The van der Waals surface area contributed by atoms with E-state index in [0.29, 0.717) is 13.1 Å². The molecule has 5 nitrogen and oxygen atoms in total. The zero-order valence-electron chi connectivity index (χ0n) is 15.2. The summed E-state index contributed by atoms with van der Waals surface area (Å²) in [6.45, 7) is 6.60. The minimum Gasteiger partial charge on any atom is -0.360 e. The number of quaternary nitrogens is 1. The van der Waals surface area contributed by atoms with E-state index in [4.69, 9.17) is 0 Å². The SMILES string of the molecule is CC(=O)c1ccc(N2CC[NH+](CC(=O)NCCc3cccs3)CC2)cc1. The van der Waals surface area contributed by atoms with Crippen LogP contribution in [0, 0.1) is 0 Å². The van der Waals surface area contributed by atoms with Crippen LogP contribution in [-0.4, -0.2) is 51.0 Å². The number of anilines is 1. The number of rotatable bonds is 7. The van der Waals surface area contributed by atoms with Gasteiger partial charge in [-0.3, -0.25) is 9.59 Å². The summed E-state index contributed by atoms with van der Waals surface area (Å²) in [4.78, 5) is 28.4. The van der Waals surface area contributed by atoms with Crippen molar-refractivity contribution in [2.24, 2.45) is 0 Å². The van der Waals surface area contributed by atoms with Crippen LogP contribution in [0.3, 0.4) is 0 Å². The fourth-order valence-corrected chi connectivity index (χ4v) is 3.94. The average molecular weight is 373 g/mol. The van der Waals surface area contributed by atoms with Crippen molar-refractivity contribution in [3.05, 3.63) is 52.2 Å². The fraction of sp³-hybridized carbons (Fsp3) is 0.400. The summed E-state index contributed by atoms with van der Waals surface area (Å²) in [5.41, 5.74) is 1.90. The zero-order chi connectivity index (χ0) is 18.4. The van der Waals surface area contributed by atoms with E-state index >= 15 is 0 Å². The second-order valence-corrected chi connectivity index (χ2v) is 7.73. The molecule has 1 fully saturated rings. The second kappa shape index (κ2) is 8.96. The van der Waals surface area contributed by atoms with Gasteiger partial charge in [0, 0.05) is 22.7 Å². The Hall–Kier alpha value is -2.18. The highest BCUT2D eigenvalue weighted by atomic mass is 32.1. The largest absolute Gasteiger partial charge is 0.360 e. The van der Waals surface area contributed by atoms with Crippen molar-refractivity contribution in [1.82, 2.24) is 5.32 Å². The summed E-state index contributed by atoms with van der Waals surface area (Å²) < 4.78 is 0. The molecule has 0 saturated carbocycles. The van der Waals surface area contributed by atoms with Crippen LogP contribution < -0.4 is 15.1 Å². The Morgan fingerprint density at radius 1 is 1.15 bits per heavy atom. The van der Waals surface area contributed by atoms with E-state index in [-0.39, 0.29) is 11.7 Å². The Bertz CT molecular complexity index is 720. The molecule has 3 rings (SSSR count). The Balaban J connectivity index is 1.39. The number of thiophene rings is 1. The predicted molar refractivity (Wildman–Crippen MR) is 105 cm³/mol. The van der Waals surface area contributed by atoms with Crippen molar-refractivity contribution in [3.8, 4) is 0 Å². The highest BCUT2D eigenvalue weighted by molar-refractivity contribution is 7.09. The van der Waals surface area contributed by atoms with E-state index in [9.17, 15) is 9.59 Å². The van der Waals surface area contributed by atoms with Crippen molar-refractivity contribution >= 4 is 28.7 Å². The van der Waals surface area contributed by atoms with Crippen LogP contribution in [0.2, 0.25) is 0 Å². The first-order valence-corrected chi connectivity index (χ1v) is 9.98. The quantitative estimate of drug-likeness (QED) is 0.714. The van der Waals surface area contributed by atoms with Crippen LogP contribution in [0.15, 0.2) is 41.8 Å². The third kappa shape index (κ3) is 5.16. The van der Waals surface area contributed by atoms with Gasteiger partial charge in [-0.25, -0.2) is 0 Å².